The van der Waals surface area contributed by atoms with Gasteiger partial charge in [0.25, 0.3) is 11.5 Å². The second-order valence-electron chi connectivity index (χ2n) is 7.56. The Morgan fingerprint density at radius 3 is 2.89 bits per heavy atom. The van der Waals surface area contributed by atoms with E-state index >= 15 is 0 Å². The van der Waals surface area contributed by atoms with E-state index in [1.54, 1.807) is 0 Å². The maximum absolute atomic E-state index is 12.7. The summed E-state index contributed by atoms with van der Waals surface area (Å²) in [7, 11) is 0. The molecule has 0 bridgehead atoms. The lowest BCUT2D eigenvalue weighted by Gasteiger charge is -2.30. The van der Waals surface area contributed by atoms with Crippen LogP contribution in [0.2, 0.25) is 0 Å². The number of carbonyl (C=O) groups is 1. The molecular formula is C18H26N6O2S. The van der Waals surface area contributed by atoms with Crippen molar-refractivity contribution in [2.24, 2.45) is 5.92 Å². The zero-order valence-electron chi connectivity index (χ0n) is 15.7. The Bertz CT molecular complexity index is 872. The van der Waals surface area contributed by atoms with Crippen molar-refractivity contribution in [1.29, 1.82) is 0 Å². The van der Waals surface area contributed by atoms with E-state index in [2.05, 4.69) is 32.1 Å². The molecule has 0 spiro atoms. The van der Waals surface area contributed by atoms with Gasteiger partial charge in [0.2, 0.25) is 10.1 Å². The van der Waals surface area contributed by atoms with Crippen LogP contribution in [-0.4, -0.2) is 64.7 Å². The number of likely N-dealkylation sites (tertiary alicyclic amines) is 1. The zero-order chi connectivity index (χ0) is 18.8. The van der Waals surface area contributed by atoms with Gasteiger partial charge in [-0.1, -0.05) is 18.3 Å². The van der Waals surface area contributed by atoms with Gasteiger partial charge in [0, 0.05) is 32.2 Å². The minimum Gasteiger partial charge on any atom is -0.349 e. The second kappa shape index (κ2) is 7.93. The van der Waals surface area contributed by atoms with Gasteiger partial charge in [-0.25, -0.2) is 0 Å². The number of hydrogen-bond acceptors (Lipinski definition) is 7. The van der Waals surface area contributed by atoms with E-state index in [-0.39, 0.29) is 11.6 Å². The molecule has 8 nitrogen and oxygen atoms in total. The minimum atomic E-state index is -0.401. The van der Waals surface area contributed by atoms with Gasteiger partial charge in [0.05, 0.1) is 0 Å². The highest BCUT2D eigenvalue weighted by atomic mass is 32.1. The summed E-state index contributed by atoms with van der Waals surface area (Å²) in [6.07, 6.45) is 4.81. The van der Waals surface area contributed by atoms with Crippen LogP contribution in [0.3, 0.4) is 0 Å². The molecule has 0 aromatic carbocycles. The SMILES string of the molecule is C[C@H]1CCCN(c2nn3c(C(=O)NCCN4CCCC4)cc(=O)nc3s2)C1. The van der Waals surface area contributed by atoms with Crippen molar-refractivity contribution in [1.82, 2.24) is 24.8 Å². The third kappa shape index (κ3) is 4.14. The molecule has 4 rings (SSSR count). The number of rotatable bonds is 5. The van der Waals surface area contributed by atoms with Crippen molar-refractivity contribution >= 4 is 27.3 Å². The van der Waals surface area contributed by atoms with E-state index in [0.29, 0.717) is 17.4 Å². The minimum absolute atomic E-state index is 0.263. The quantitative estimate of drug-likeness (QED) is 0.826. The highest BCUT2D eigenvalue weighted by Gasteiger charge is 2.22. The number of amides is 1. The lowest BCUT2D eigenvalue weighted by atomic mass is 10.0. The van der Waals surface area contributed by atoms with Crippen LogP contribution in [0.1, 0.15) is 43.1 Å². The van der Waals surface area contributed by atoms with Gasteiger partial charge in [-0.05, 0) is 44.7 Å². The van der Waals surface area contributed by atoms with E-state index in [0.717, 1.165) is 44.3 Å². The molecule has 0 aliphatic carbocycles. The first-order valence-corrected chi connectivity index (χ1v) is 10.6. The van der Waals surface area contributed by atoms with Crippen LogP contribution in [0.25, 0.3) is 4.96 Å². The maximum atomic E-state index is 12.7. The first-order valence-electron chi connectivity index (χ1n) is 9.76. The third-order valence-corrected chi connectivity index (χ3v) is 6.29. The Kier molecular flexibility index (Phi) is 5.40. The normalized spacial score (nSPS) is 21.1. The summed E-state index contributed by atoms with van der Waals surface area (Å²) < 4.78 is 1.52. The number of nitrogens with zero attached hydrogens (tertiary/aromatic N) is 5. The molecule has 0 unspecified atom stereocenters. The highest BCUT2D eigenvalue weighted by Crippen LogP contribution is 2.27. The lowest BCUT2D eigenvalue weighted by molar-refractivity contribution is 0.0942. The van der Waals surface area contributed by atoms with E-state index < -0.39 is 5.56 Å². The van der Waals surface area contributed by atoms with E-state index in [1.807, 2.05) is 0 Å². The van der Waals surface area contributed by atoms with Crippen molar-refractivity contribution in [2.75, 3.05) is 44.2 Å². The van der Waals surface area contributed by atoms with Gasteiger partial charge in [-0.3, -0.25) is 9.59 Å². The zero-order valence-corrected chi connectivity index (χ0v) is 16.5. The molecule has 146 valence electrons. The van der Waals surface area contributed by atoms with Crippen LogP contribution in [-0.2, 0) is 0 Å². The molecule has 2 aliphatic rings. The first-order chi connectivity index (χ1) is 13.1. The van der Waals surface area contributed by atoms with E-state index in [1.165, 1.54) is 41.2 Å². The molecule has 2 saturated heterocycles. The van der Waals surface area contributed by atoms with Gasteiger partial charge in [-0.15, -0.1) is 5.10 Å². The first kappa shape index (κ1) is 18.4. The molecule has 4 heterocycles. The molecule has 27 heavy (non-hydrogen) atoms. The molecule has 2 fully saturated rings. The number of fused-ring (bicyclic) bond motifs is 1. The van der Waals surface area contributed by atoms with Crippen LogP contribution in [0.5, 0.6) is 0 Å². The molecule has 2 aromatic heterocycles. The van der Waals surface area contributed by atoms with Crippen LogP contribution in [0, 0.1) is 5.92 Å². The fourth-order valence-corrected chi connectivity index (χ4v) is 4.82. The summed E-state index contributed by atoms with van der Waals surface area (Å²) in [4.78, 5) is 33.7. The molecule has 1 atom stereocenters. The van der Waals surface area contributed by atoms with Gasteiger partial charge < -0.3 is 15.1 Å². The van der Waals surface area contributed by atoms with Gasteiger partial charge in [0.15, 0.2) is 0 Å². The standard InChI is InChI=1S/C18H26N6O2S/c1-13-5-4-9-23(12-13)18-21-24-14(11-15(25)20-17(24)27-18)16(26)19-6-10-22-7-2-3-8-22/h11,13H,2-10,12H2,1H3,(H,19,26)/t13-/m0/s1. The summed E-state index contributed by atoms with van der Waals surface area (Å²) in [5.41, 5.74) is -0.138. The maximum Gasteiger partial charge on any atom is 0.274 e. The molecular weight excluding hydrogens is 364 g/mol. The monoisotopic (exact) mass is 390 g/mol. The van der Waals surface area contributed by atoms with Crippen molar-refractivity contribution in [2.45, 2.75) is 32.6 Å². The van der Waals surface area contributed by atoms with Crippen molar-refractivity contribution in [3.05, 3.63) is 22.1 Å². The van der Waals surface area contributed by atoms with Crippen molar-refractivity contribution in [3.63, 3.8) is 0 Å². The number of anilines is 1. The number of hydrogen-bond donors (Lipinski definition) is 1. The fourth-order valence-electron chi connectivity index (χ4n) is 3.88. The number of carbonyl (C=O) groups excluding carboxylic acids is 1. The number of piperidine rings is 1. The van der Waals surface area contributed by atoms with Crippen LogP contribution in [0.15, 0.2) is 10.9 Å². The molecule has 0 saturated carbocycles. The predicted octanol–water partition coefficient (Wildman–Crippen LogP) is 1.21. The summed E-state index contributed by atoms with van der Waals surface area (Å²) >= 11 is 1.37. The van der Waals surface area contributed by atoms with Crippen molar-refractivity contribution in [3.8, 4) is 0 Å². The smallest absolute Gasteiger partial charge is 0.274 e. The van der Waals surface area contributed by atoms with Crippen LogP contribution >= 0.6 is 11.3 Å². The van der Waals surface area contributed by atoms with Crippen LogP contribution < -0.4 is 15.8 Å². The summed E-state index contributed by atoms with van der Waals surface area (Å²) in [5, 5.41) is 8.36. The Labute approximate surface area is 162 Å². The number of aromatic nitrogens is 3. The third-order valence-electron chi connectivity index (χ3n) is 5.32. The summed E-state index contributed by atoms with van der Waals surface area (Å²) in [5.74, 6) is 0.347. The molecule has 2 aliphatic heterocycles. The van der Waals surface area contributed by atoms with Gasteiger partial charge in [-0.2, -0.15) is 9.50 Å². The molecule has 9 heteroatoms. The van der Waals surface area contributed by atoms with Gasteiger partial charge >= 0.3 is 0 Å². The Balaban J connectivity index is 1.52. The summed E-state index contributed by atoms with van der Waals surface area (Å²) in [6.45, 7) is 7.73. The number of nitrogens with one attached hydrogen (secondary N) is 1. The average Bonchev–Trinajstić information content (AvgIpc) is 3.30. The second-order valence-corrected chi connectivity index (χ2v) is 8.49. The molecule has 2 aromatic rings. The topological polar surface area (TPSA) is 82.8 Å². The van der Waals surface area contributed by atoms with E-state index in [4.69, 9.17) is 0 Å². The highest BCUT2D eigenvalue weighted by molar-refractivity contribution is 7.20. The Hall–Kier alpha value is -2.00. The fraction of sp³-hybridized carbons (Fsp3) is 0.667. The lowest BCUT2D eigenvalue weighted by Crippen LogP contribution is -2.35. The average molecular weight is 391 g/mol. The Morgan fingerprint density at radius 1 is 1.30 bits per heavy atom. The Morgan fingerprint density at radius 2 is 2.11 bits per heavy atom. The predicted molar refractivity (Wildman–Crippen MR) is 106 cm³/mol. The van der Waals surface area contributed by atoms with Gasteiger partial charge in [0.1, 0.15) is 5.69 Å². The molecule has 0 radical (unpaired) electrons. The van der Waals surface area contributed by atoms with Crippen LogP contribution in [0.4, 0.5) is 5.13 Å². The molecule has 1 amide bonds. The van der Waals surface area contributed by atoms with Crippen molar-refractivity contribution < 1.29 is 4.79 Å². The van der Waals surface area contributed by atoms with E-state index in [9.17, 15) is 9.59 Å². The molecule has 1 N–H and O–H groups in total. The largest absolute Gasteiger partial charge is 0.349 e. The summed E-state index contributed by atoms with van der Waals surface area (Å²) in [6, 6.07) is 1.28.